The van der Waals surface area contributed by atoms with E-state index in [4.69, 9.17) is 37.4 Å². The molecule has 3 aromatic carbocycles. The number of likely N-dealkylation sites (tertiary alicyclic amines) is 1. The second kappa shape index (κ2) is 11.7. The van der Waals surface area contributed by atoms with Gasteiger partial charge in [0.2, 0.25) is 0 Å². The molecule has 2 aliphatic heterocycles. The number of hydrogen-bond donors (Lipinski definition) is 2. The first-order valence-electron chi connectivity index (χ1n) is 16.6. The average Bonchev–Trinajstić information content (AvgIpc) is 3.79. The number of para-hydroxylation sites is 2. The lowest BCUT2D eigenvalue weighted by Gasteiger charge is -2.64. The monoisotopic (exact) mass is 676 g/mol. The van der Waals surface area contributed by atoms with Crippen LogP contribution in [0.3, 0.4) is 0 Å². The third-order valence-corrected chi connectivity index (χ3v) is 11.8. The number of rotatable bonds is 9. The van der Waals surface area contributed by atoms with Crippen LogP contribution in [0.1, 0.15) is 54.4 Å². The lowest BCUT2D eigenvalue weighted by molar-refractivity contribution is -0.217. The first kappa shape index (κ1) is 31.0. The molecular formula is C37H38Cl2N2O6. The summed E-state index contributed by atoms with van der Waals surface area (Å²) < 4.78 is 18.2. The van der Waals surface area contributed by atoms with Gasteiger partial charge in [-0.25, -0.2) is 4.79 Å². The average molecular weight is 678 g/mol. The Morgan fingerprint density at radius 1 is 1.02 bits per heavy atom. The van der Waals surface area contributed by atoms with Gasteiger partial charge < -0.3 is 24.6 Å². The third-order valence-electron chi connectivity index (χ3n) is 11.1. The number of carbonyl (C=O) groups is 2. The predicted molar refractivity (Wildman–Crippen MR) is 179 cm³/mol. The van der Waals surface area contributed by atoms with E-state index in [9.17, 15) is 14.7 Å². The Morgan fingerprint density at radius 2 is 1.81 bits per heavy atom. The fourth-order valence-corrected chi connectivity index (χ4v) is 9.29. The Bertz CT molecular complexity index is 1740. The molecule has 2 saturated carbocycles. The smallest absolute Gasteiger partial charge is 0.344 e. The van der Waals surface area contributed by atoms with Gasteiger partial charge >= 0.3 is 11.9 Å². The Kier molecular flexibility index (Phi) is 7.71. The minimum absolute atomic E-state index is 0.00743. The molecule has 10 heteroatoms. The normalized spacial score (nSPS) is 28.6. The summed E-state index contributed by atoms with van der Waals surface area (Å²) in [6.07, 6.45) is 3.93. The van der Waals surface area contributed by atoms with E-state index < -0.39 is 41.8 Å². The van der Waals surface area contributed by atoms with Crippen molar-refractivity contribution in [2.75, 3.05) is 25.0 Å². The van der Waals surface area contributed by atoms with Crippen molar-refractivity contribution < 1.29 is 28.9 Å². The quantitative estimate of drug-likeness (QED) is 0.255. The number of piperidine rings is 1. The molecule has 3 aliphatic carbocycles. The molecule has 5 atom stereocenters. The summed E-state index contributed by atoms with van der Waals surface area (Å²) >= 11 is 12.7. The van der Waals surface area contributed by atoms with Gasteiger partial charge in [-0.05, 0) is 92.8 Å². The van der Waals surface area contributed by atoms with Crippen LogP contribution in [0.5, 0.6) is 5.75 Å². The molecule has 2 bridgehead atoms. The van der Waals surface area contributed by atoms with Crippen LogP contribution in [0.4, 0.5) is 11.4 Å². The maximum Gasteiger partial charge on any atom is 0.344 e. The van der Waals surface area contributed by atoms with E-state index in [2.05, 4.69) is 22.3 Å². The molecule has 1 spiro atoms. The van der Waals surface area contributed by atoms with Crippen LogP contribution in [0.15, 0.2) is 54.6 Å². The highest BCUT2D eigenvalue weighted by molar-refractivity contribution is 6.39. The zero-order valence-electron chi connectivity index (χ0n) is 26.3. The van der Waals surface area contributed by atoms with E-state index in [0.717, 1.165) is 48.7 Å². The number of aliphatic hydroxyl groups is 1. The number of ether oxygens (including phenoxy) is 3. The van der Waals surface area contributed by atoms with Gasteiger partial charge in [0, 0.05) is 23.8 Å². The van der Waals surface area contributed by atoms with Crippen LogP contribution in [0.2, 0.25) is 10.0 Å². The molecule has 0 aromatic heterocycles. The highest BCUT2D eigenvalue weighted by atomic mass is 35.5. The van der Waals surface area contributed by atoms with Crippen molar-refractivity contribution in [2.45, 2.75) is 81.1 Å². The number of benzene rings is 3. The molecule has 0 amide bonds. The molecule has 2 unspecified atom stereocenters. The maximum absolute atomic E-state index is 13.2. The number of aryl methyl sites for hydroxylation is 1. The topological polar surface area (TPSA) is 97.3 Å². The predicted octanol–water partition coefficient (Wildman–Crippen LogP) is 6.31. The summed E-state index contributed by atoms with van der Waals surface area (Å²) in [6.45, 7) is 3.43. The van der Waals surface area contributed by atoms with Gasteiger partial charge in [0.05, 0.1) is 33.2 Å². The molecular weight excluding hydrogens is 639 g/mol. The van der Waals surface area contributed by atoms with Crippen molar-refractivity contribution in [1.82, 2.24) is 4.90 Å². The van der Waals surface area contributed by atoms with Gasteiger partial charge in [-0.15, -0.1) is 0 Å². The van der Waals surface area contributed by atoms with Crippen molar-refractivity contribution in [1.29, 1.82) is 0 Å². The van der Waals surface area contributed by atoms with Crippen molar-refractivity contribution in [3.8, 4) is 5.75 Å². The largest absolute Gasteiger partial charge is 0.485 e. The Hall–Kier alpha value is -3.30. The van der Waals surface area contributed by atoms with Gasteiger partial charge in [0.25, 0.3) is 0 Å². The third kappa shape index (κ3) is 5.11. The van der Waals surface area contributed by atoms with Gasteiger partial charge in [0.1, 0.15) is 18.0 Å². The van der Waals surface area contributed by atoms with E-state index in [1.807, 2.05) is 25.1 Å². The molecule has 0 radical (unpaired) electrons. The number of hydrogen-bond acceptors (Lipinski definition) is 8. The number of esters is 2. The van der Waals surface area contributed by atoms with E-state index in [1.165, 1.54) is 18.4 Å². The van der Waals surface area contributed by atoms with E-state index >= 15 is 0 Å². The fraction of sp³-hybridized carbons (Fsp3) is 0.459. The highest BCUT2D eigenvalue weighted by Crippen LogP contribution is 2.65. The second-order valence-corrected chi connectivity index (χ2v) is 14.7. The Labute approximate surface area is 284 Å². The van der Waals surface area contributed by atoms with Crippen LogP contribution < -0.4 is 10.1 Å². The first-order chi connectivity index (χ1) is 22.7. The van der Waals surface area contributed by atoms with Gasteiger partial charge in [-0.1, -0.05) is 59.6 Å². The van der Waals surface area contributed by atoms with Crippen molar-refractivity contribution in [3.63, 3.8) is 0 Å². The minimum Gasteiger partial charge on any atom is -0.485 e. The standard InChI is InChI=1S/C37H38Cl2N2O6/c1-21-9-12-24-17-29-37(44)14-13-28(35-36(37,32(24)34(21)47-35)15-16-41(29)19-22-10-11-22)46-31(43)20-45-30(42)18-23-5-2-3-8-27(23)40-33-25(38)6-4-7-26(33)39/h2-9,12,22,28-29,35,40,44H,10-11,13-20H2,1H3/t28?,29-,35?,36+,37-/m1/s1. The summed E-state index contributed by atoms with van der Waals surface area (Å²) in [6, 6.07) is 16.8. The molecule has 2 heterocycles. The molecule has 47 heavy (non-hydrogen) atoms. The van der Waals surface area contributed by atoms with E-state index in [0.29, 0.717) is 39.8 Å². The summed E-state index contributed by atoms with van der Waals surface area (Å²) in [5.41, 5.74) is 3.61. The Balaban J connectivity index is 0.959. The van der Waals surface area contributed by atoms with E-state index in [-0.39, 0.29) is 12.5 Å². The van der Waals surface area contributed by atoms with E-state index in [1.54, 1.807) is 24.3 Å². The summed E-state index contributed by atoms with van der Waals surface area (Å²) in [4.78, 5) is 28.6. The van der Waals surface area contributed by atoms with Crippen molar-refractivity contribution in [2.24, 2.45) is 5.92 Å². The molecule has 3 aromatic rings. The highest BCUT2D eigenvalue weighted by Gasteiger charge is 2.73. The second-order valence-electron chi connectivity index (χ2n) is 13.9. The fourth-order valence-electron chi connectivity index (χ4n) is 8.80. The molecule has 246 valence electrons. The SMILES string of the molecule is Cc1ccc2c3c1OC1C(OC(=O)COC(=O)Cc4ccccc4Nc4c(Cl)cccc4Cl)CC[C@@]4(O)[C@@H](C2)N(CC2CC2)CC[C@]314. The van der Waals surface area contributed by atoms with Crippen LogP contribution in [0.25, 0.3) is 0 Å². The zero-order chi connectivity index (χ0) is 32.5. The molecule has 3 fully saturated rings. The summed E-state index contributed by atoms with van der Waals surface area (Å²) in [7, 11) is 0. The lowest BCUT2D eigenvalue weighted by atomic mass is 9.48. The number of nitrogens with one attached hydrogen (secondary N) is 1. The zero-order valence-corrected chi connectivity index (χ0v) is 27.8. The molecule has 8 nitrogen and oxygen atoms in total. The Morgan fingerprint density at radius 3 is 2.60 bits per heavy atom. The number of nitrogens with zero attached hydrogens (tertiary/aromatic N) is 1. The van der Waals surface area contributed by atoms with Crippen molar-refractivity contribution >= 4 is 46.5 Å². The number of carbonyl (C=O) groups excluding carboxylic acids is 2. The van der Waals surface area contributed by atoms with Crippen LogP contribution in [0, 0.1) is 12.8 Å². The molecule has 8 rings (SSSR count). The summed E-state index contributed by atoms with van der Waals surface area (Å²) in [5.74, 6) is 0.360. The molecule has 2 N–H and O–H groups in total. The van der Waals surface area contributed by atoms with Gasteiger partial charge in [0.15, 0.2) is 6.61 Å². The van der Waals surface area contributed by atoms with Crippen molar-refractivity contribution in [3.05, 3.63) is 86.9 Å². The first-order valence-corrected chi connectivity index (χ1v) is 17.3. The van der Waals surface area contributed by atoms with Gasteiger partial charge in [-0.3, -0.25) is 9.69 Å². The number of anilines is 2. The minimum atomic E-state index is -0.970. The molecule has 1 saturated heterocycles. The van der Waals surface area contributed by atoms with Crippen LogP contribution in [-0.4, -0.2) is 65.5 Å². The lowest BCUT2D eigenvalue weighted by Crippen LogP contribution is -2.77. The van der Waals surface area contributed by atoms with Crippen LogP contribution >= 0.6 is 23.2 Å². The molecule has 5 aliphatic rings. The summed E-state index contributed by atoms with van der Waals surface area (Å²) in [5, 5.41) is 16.8. The van der Waals surface area contributed by atoms with Crippen LogP contribution in [-0.2, 0) is 37.3 Å². The maximum atomic E-state index is 13.2. The van der Waals surface area contributed by atoms with Gasteiger partial charge in [-0.2, -0.15) is 0 Å². The number of halogens is 2.